The minimum absolute atomic E-state index is 0.0833. The van der Waals surface area contributed by atoms with Gasteiger partial charge >= 0.3 is 0 Å². The Morgan fingerprint density at radius 3 is 2.47 bits per heavy atom. The third-order valence-electron chi connectivity index (χ3n) is 6.38. The molecule has 10 heteroatoms. The molecule has 0 radical (unpaired) electrons. The third-order valence-corrected chi connectivity index (χ3v) is 6.38. The van der Waals surface area contributed by atoms with Crippen LogP contribution in [0.4, 0.5) is 0 Å². The zero-order chi connectivity index (χ0) is 24.6. The summed E-state index contributed by atoms with van der Waals surface area (Å²) >= 11 is 0. The Hall–Kier alpha value is -3.66. The van der Waals surface area contributed by atoms with Crippen LogP contribution >= 0.6 is 0 Å². The molecule has 1 aliphatic heterocycles. The van der Waals surface area contributed by atoms with Gasteiger partial charge in [-0.25, -0.2) is 0 Å². The van der Waals surface area contributed by atoms with Crippen molar-refractivity contribution in [3.8, 4) is 5.75 Å². The molecule has 0 atom stereocenters. The van der Waals surface area contributed by atoms with Crippen molar-refractivity contribution in [2.45, 2.75) is 32.4 Å². The monoisotopic (exact) mass is 468 g/mol. The molecule has 34 heavy (non-hydrogen) atoms. The smallest absolute Gasteiger partial charge is 0.272 e. The van der Waals surface area contributed by atoms with Crippen molar-refractivity contribution < 1.29 is 24.2 Å². The van der Waals surface area contributed by atoms with E-state index in [4.69, 9.17) is 9.84 Å². The summed E-state index contributed by atoms with van der Waals surface area (Å²) in [7, 11) is 3.12. The number of aromatic nitrogens is 2. The quantitative estimate of drug-likeness (QED) is 0.552. The molecule has 4 rings (SSSR count). The summed E-state index contributed by atoms with van der Waals surface area (Å²) in [5.74, 6) is -0.709. The van der Waals surface area contributed by atoms with E-state index in [2.05, 4.69) is 5.32 Å². The summed E-state index contributed by atoms with van der Waals surface area (Å²) in [6, 6.07) is 7.10. The number of aliphatic hydroxyl groups excluding tert-OH is 1. The predicted molar refractivity (Wildman–Crippen MR) is 126 cm³/mol. The number of para-hydroxylation sites is 1. The first-order chi connectivity index (χ1) is 16.3. The topological polar surface area (TPSA) is 123 Å². The lowest BCUT2D eigenvalue weighted by Crippen LogP contribution is -2.47. The van der Waals surface area contributed by atoms with Crippen molar-refractivity contribution in [2.24, 2.45) is 7.05 Å². The number of hydrogen-bond donors (Lipinski definition) is 2. The Morgan fingerprint density at radius 1 is 1.18 bits per heavy atom. The fourth-order valence-corrected chi connectivity index (χ4v) is 4.79. The van der Waals surface area contributed by atoms with Crippen molar-refractivity contribution in [3.05, 3.63) is 40.3 Å². The molecule has 2 aromatic heterocycles. The van der Waals surface area contributed by atoms with E-state index >= 15 is 0 Å². The Balaban J connectivity index is 1.78. The number of pyridine rings is 1. The molecule has 3 aromatic rings. The van der Waals surface area contributed by atoms with Gasteiger partial charge in [-0.1, -0.05) is 18.2 Å². The molecule has 180 valence electrons. The van der Waals surface area contributed by atoms with Crippen molar-refractivity contribution >= 4 is 39.4 Å². The largest absolute Gasteiger partial charge is 0.493 e. The summed E-state index contributed by atoms with van der Waals surface area (Å²) in [6.07, 6.45) is 1.11. The van der Waals surface area contributed by atoms with Gasteiger partial charge in [0.1, 0.15) is 17.8 Å². The van der Waals surface area contributed by atoms with Crippen LogP contribution in [0.1, 0.15) is 30.3 Å². The molecule has 2 amide bonds. The number of piperidine rings is 1. The standard InChI is InChI=1S/C24H28N4O6/c1-14(30)12-28-17-7-5-4-6-16(17)20-19(24(28)33)22(34-3)21(26(20)2)23(32)25-15-8-10-27(11-9-15)18(31)13-29/h4-7,15,29H,8-13H2,1-3H3,(H,25,32). The second-order valence-corrected chi connectivity index (χ2v) is 8.56. The summed E-state index contributed by atoms with van der Waals surface area (Å²) < 4.78 is 8.66. The zero-order valence-corrected chi connectivity index (χ0v) is 19.5. The van der Waals surface area contributed by atoms with Gasteiger partial charge in [0.25, 0.3) is 11.5 Å². The number of ketones is 1. The summed E-state index contributed by atoms with van der Waals surface area (Å²) in [4.78, 5) is 52.0. The molecule has 0 spiro atoms. The van der Waals surface area contributed by atoms with Crippen LogP contribution in [-0.4, -0.2) is 69.6 Å². The maximum Gasteiger partial charge on any atom is 0.272 e. The van der Waals surface area contributed by atoms with Gasteiger partial charge in [0.15, 0.2) is 11.4 Å². The first kappa shape index (κ1) is 23.5. The summed E-state index contributed by atoms with van der Waals surface area (Å²) in [5, 5.41) is 13.0. The number of amides is 2. The first-order valence-electron chi connectivity index (χ1n) is 11.1. The van der Waals surface area contributed by atoms with Crippen LogP contribution in [-0.2, 0) is 23.2 Å². The van der Waals surface area contributed by atoms with Gasteiger partial charge in [-0.15, -0.1) is 0 Å². The van der Waals surface area contributed by atoms with Crippen LogP contribution in [0.2, 0.25) is 0 Å². The lowest BCUT2D eigenvalue weighted by atomic mass is 10.0. The highest BCUT2D eigenvalue weighted by Gasteiger charge is 2.30. The van der Waals surface area contributed by atoms with Crippen LogP contribution in [0.5, 0.6) is 5.75 Å². The van der Waals surface area contributed by atoms with Gasteiger partial charge in [-0.05, 0) is 25.8 Å². The van der Waals surface area contributed by atoms with E-state index in [9.17, 15) is 19.2 Å². The van der Waals surface area contributed by atoms with Gasteiger partial charge in [-0.2, -0.15) is 0 Å². The zero-order valence-electron chi connectivity index (χ0n) is 19.5. The predicted octanol–water partition coefficient (Wildman–Crippen LogP) is 0.804. The molecular formula is C24H28N4O6. The number of Topliss-reactive ketones (excluding diaryl/α,β-unsaturated/α-hetero) is 1. The SMILES string of the molecule is COc1c(C(=O)NC2CCN(C(=O)CO)CC2)n(C)c2c1c(=O)n(CC(C)=O)c1ccccc21. The first-order valence-corrected chi connectivity index (χ1v) is 11.1. The minimum Gasteiger partial charge on any atom is -0.493 e. The van der Waals surface area contributed by atoms with Crippen molar-refractivity contribution in [1.82, 2.24) is 19.4 Å². The number of aryl methyl sites for hydroxylation is 1. The van der Waals surface area contributed by atoms with Gasteiger partial charge < -0.3 is 29.2 Å². The number of methoxy groups -OCH3 is 1. The van der Waals surface area contributed by atoms with E-state index in [0.29, 0.717) is 37.0 Å². The average molecular weight is 469 g/mol. The highest BCUT2D eigenvalue weighted by atomic mass is 16.5. The number of nitrogens with zero attached hydrogens (tertiary/aromatic N) is 3. The second kappa shape index (κ2) is 9.30. The van der Waals surface area contributed by atoms with Crippen LogP contribution in [0, 0.1) is 0 Å². The average Bonchev–Trinajstić information content (AvgIpc) is 3.14. The lowest BCUT2D eigenvalue weighted by Gasteiger charge is -2.32. The van der Waals surface area contributed by atoms with Gasteiger partial charge in [0.05, 0.1) is 24.7 Å². The fourth-order valence-electron chi connectivity index (χ4n) is 4.79. The van der Waals surface area contributed by atoms with E-state index in [1.54, 1.807) is 28.6 Å². The number of aliphatic hydroxyl groups is 1. The van der Waals surface area contributed by atoms with Gasteiger partial charge in [0.2, 0.25) is 5.91 Å². The molecule has 1 saturated heterocycles. The highest BCUT2D eigenvalue weighted by molar-refractivity contribution is 6.12. The Morgan fingerprint density at radius 2 is 1.85 bits per heavy atom. The van der Waals surface area contributed by atoms with E-state index in [0.717, 1.165) is 5.39 Å². The molecule has 0 bridgehead atoms. The molecule has 1 aliphatic rings. The van der Waals surface area contributed by atoms with Gasteiger partial charge in [0, 0.05) is 31.6 Å². The van der Waals surface area contributed by atoms with Crippen LogP contribution in [0.25, 0.3) is 21.8 Å². The van der Waals surface area contributed by atoms with Crippen LogP contribution in [0.15, 0.2) is 29.1 Å². The highest BCUT2D eigenvalue weighted by Crippen LogP contribution is 2.34. The van der Waals surface area contributed by atoms with Crippen LogP contribution < -0.4 is 15.6 Å². The number of likely N-dealkylation sites (tertiary alicyclic amines) is 1. The number of rotatable bonds is 6. The molecular weight excluding hydrogens is 440 g/mol. The van der Waals surface area contributed by atoms with Gasteiger partial charge in [-0.3, -0.25) is 19.2 Å². The third kappa shape index (κ3) is 3.94. The maximum atomic E-state index is 13.5. The Labute approximate surface area is 195 Å². The summed E-state index contributed by atoms with van der Waals surface area (Å²) in [6.45, 7) is 1.69. The number of carbonyl (C=O) groups excluding carboxylic acids is 3. The lowest BCUT2D eigenvalue weighted by molar-refractivity contribution is -0.135. The molecule has 0 unspecified atom stereocenters. The van der Waals surface area contributed by atoms with E-state index in [-0.39, 0.29) is 47.0 Å². The normalized spacial score (nSPS) is 14.5. The second-order valence-electron chi connectivity index (χ2n) is 8.56. The molecule has 2 N–H and O–H groups in total. The summed E-state index contributed by atoms with van der Waals surface area (Å²) in [5.41, 5.74) is 0.984. The molecule has 0 aliphatic carbocycles. The van der Waals surface area contributed by atoms with Crippen molar-refractivity contribution in [3.63, 3.8) is 0 Å². The molecule has 3 heterocycles. The molecule has 0 saturated carbocycles. The molecule has 10 nitrogen and oxygen atoms in total. The molecule has 1 fully saturated rings. The van der Waals surface area contributed by atoms with Crippen LogP contribution in [0.3, 0.4) is 0 Å². The Bertz CT molecular complexity index is 1350. The van der Waals surface area contributed by atoms with Crippen molar-refractivity contribution in [2.75, 3.05) is 26.8 Å². The maximum absolute atomic E-state index is 13.5. The molecule has 1 aromatic carbocycles. The van der Waals surface area contributed by atoms with E-state index < -0.39 is 12.2 Å². The Kier molecular flexibility index (Phi) is 6.43. The van der Waals surface area contributed by atoms with Crippen molar-refractivity contribution in [1.29, 1.82) is 0 Å². The van der Waals surface area contributed by atoms with E-state index in [1.807, 2.05) is 12.1 Å². The number of nitrogens with one attached hydrogen (secondary N) is 1. The number of benzene rings is 1. The fraction of sp³-hybridized carbons (Fsp3) is 0.417. The van der Waals surface area contributed by atoms with E-state index in [1.165, 1.54) is 18.6 Å². The number of fused-ring (bicyclic) bond motifs is 3. The minimum atomic E-state index is -0.528. The number of carbonyl (C=O) groups is 3. The number of hydrogen-bond acceptors (Lipinski definition) is 6. The number of ether oxygens (including phenoxy) is 1.